The highest BCUT2D eigenvalue weighted by atomic mass is 35.5. The van der Waals surface area contributed by atoms with E-state index in [2.05, 4.69) is 9.72 Å². The van der Waals surface area contributed by atoms with Gasteiger partial charge in [-0.2, -0.15) is 0 Å². The first-order valence-electron chi connectivity index (χ1n) is 7.39. The van der Waals surface area contributed by atoms with Crippen molar-refractivity contribution in [3.63, 3.8) is 0 Å². The third-order valence-corrected chi connectivity index (χ3v) is 3.76. The predicted molar refractivity (Wildman–Crippen MR) is 93.5 cm³/mol. The summed E-state index contributed by atoms with van der Waals surface area (Å²) < 4.78 is 15.7. The molecule has 0 bridgehead atoms. The normalized spacial score (nSPS) is 13.0. The summed E-state index contributed by atoms with van der Waals surface area (Å²) in [7, 11) is 1.26. The molecule has 0 saturated heterocycles. The zero-order chi connectivity index (χ0) is 18.4. The van der Waals surface area contributed by atoms with E-state index in [1.165, 1.54) is 19.4 Å². The third-order valence-electron chi connectivity index (χ3n) is 3.28. The molecule has 1 N–H and O–H groups in total. The highest BCUT2D eigenvalue weighted by Crippen LogP contribution is 2.30. The van der Waals surface area contributed by atoms with Gasteiger partial charge in [-0.25, -0.2) is 4.98 Å². The van der Waals surface area contributed by atoms with Crippen molar-refractivity contribution >= 4 is 29.2 Å². The summed E-state index contributed by atoms with van der Waals surface area (Å²) in [5.74, 6) is 0.756. The van der Waals surface area contributed by atoms with Gasteiger partial charge in [0.15, 0.2) is 0 Å². The van der Waals surface area contributed by atoms with Crippen molar-refractivity contribution in [2.24, 2.45) is 0 Å². The van der Waals surface area contributed by atoms with Crippen LogP contribution in [-0.4, -0.2) is 35.4 Å². The number of hydrogen-bond acceptors (Lipinski definition) is 6. The van der Waals surface area contributed by atoms with E-state index in [0.29, 0.717) is 21.5 Å². The van der Waals surface area contributed by atoms with Crippen LogP contribution in [0.2, 0.25) is 10.0 Å². The lowest BCUT2D eigenvalue weighted by molar-refractivity contribution is -0.144. The minimum atomic E-state index is -0.972. The number of pyridine rings is 1. The van der Waals surface area contributed by atoms with E-state index in [-0.39, 0.29) is 12.3 Å². The van der Waals surface area contributed by atoms with Gasteiger partial charge in [0.05, 0.1) is 18.6 Å². The highest BCUT2D eigenvalue weighted by molar-refractivity contribution is 6.35. The molecule has 6 nitrogen and oxygen atoms in total. The first-order valence-corrected chi connectivity index (χ1v) is 8.15. The molecule has 2 atom stereocenters. The van der Waals surface area contributed by atoms with Gasteiger partial charge in [0, 0.05) is 6.20 Å². The molecule has 0 radical (unpaired) electrons. The first kappa shape index (κ1) is 19.3. The van der Waals surface area contributed by atoms with Gasteiger partial charge < -0.3 is 19.3 Å². The summed E-state index contributed by atoms with van der Waals surface area (Å²) >= 11 is 11.8. The number of hydrogen-bond donors (Lipinski definition) is 1. The van der Waals surface area contributed by atoms with E-state index < -0.39 is 18.2 Å². The molecule has 1 aromatic heterocycles. The van der Waals surface area contributed by atoms with E-state index in [1.54, 1.807) is 31.2 Å². The Bertz CT molecular complexity index is 723. The van der Waals surface area contributed by atoms with Crippen LogP contribution in [0.3, 0.4) is 0 Å². The Balaban J connectivity index is 1.96. The number of aromatic nitrogens is 1. The van der Waals surface area contributed by atoms with Crippen molar-refractivity contribution in [1.29, 1.82) is 0 Å². The lowest BCUT2D eigenvalue weighted by Crippen LogP contribution is -2.31. The molecule has 25 heavy (non-hydrogen) atoms. The van der Waals surface area contributed by atoms with Crippen molar-refractivity contribution in [3.05, 3.63) is 46.6 Å². The smallest absolute Gasteiger partial charge is 0.308 e. The van der Waals surface area contributed by atoms with E-state index >= 15 is 0 Å². The second-order valence-corrected chi connectivity index (χ2v) is 6.03. The van der Waals surface area contributed by atoms with Crippen LogP contribution in [0.25, 0.3) is 0 Å². The maximum atomic E-state index is 11.2. The van der Waals surface area contributed by atoms with Crippen molar-refractivity contribution in [2.45, 2.75) is 25.6 Å². The fraction of sp³-hybridized carbons (Fsp3) is 0.294. The standard InChI is InChI=1S/C17H17Cl2NO5/c1-10(15(21)8-16(22)23-2)24-12-3-5-13(6-4-12)25-17-14(19)7-11(18)9-20-17/h3-7,9-10,15,21H,8H2,1-2H3. The van der Waals surface area contributed by atoms with Crippen LogP contribution in [0.15, 0.2) is 36.5 Å². The monoisotopic (exact) mass is 385 g/mol. The number of benzene rings is 1. The Labute approximate surface area is 155 Å². The van der Waals surface area contributed by atoms with Crippen molar-refractivity contribution in [2.75, 3.05) is 7.11 Å². The van der Waals surface area contributed by atoms with Gasteiger partial charge in [-0.15, -0.1) is 0 Å². The van der Waals surface area contributed by atoms with E-state index in [0.717, 1.165) is 0 Å². The van der Waals surface area contributed by atoms with Crippen LogP contribution in [0.4, 0.5) is 0 Å². The minimum Gasteiger partial charge on any atom is -0.488 e. The van der Waals surface area contributed by atoms with Crippen molar-refractivity contribution < 1.29 is 24.1 Å². The predicted octanol–water partition coefficient (Wildman–Crippen LogP) is 3.87. The molecule has 2 unspecified atom stereocenters. The molecule has 0 fully saturated rings. The number of rotatable bonds is 7. The number of ether oxygens (including phenoxy) is 3. The average Bonchev–Trinajstić information content (AvgIpc) is 2.58. The van der Waals surface area contributed by atoms with Gasteiger partial charge in [-0.05, 0) is 37.3 Å². The second-order valence-electron chi connectivity index (χ2n) is 5.18. The summed E-state index contributed by atoms with van der Waals surface area (Å²) in [5, 5.41) is 10.6. The van der Waals surface area contributed by atoms with E-state index in [9.17, 15) is 9.90 Å². The Hall–Kier alpha value is -2.02. The molecule has 0 aliphatic carbocycles. The quantitative estimate of drug-likeness (QED) is 0.728. The number of halogens is 2. The van der Waals surface area contributed by atoms with Crippen LogP contribution >= 0.6 is 23.2 Å². The average molecular weight is 386 g/mol. The molecule has 0 spiro atoms. The number of aliphatic hydroxyl groups is 1. The van der Waals surface area contributed by atoms with Gasteiger partial charge in [0.1, 0.15) is 28.7 Å². The third kappa shape index (κ3) is 5.77. The maximum Gasteiger partial charge on any atom is 0.308 e. The number of esters is 1. The number of aliphatic hydroxyl groups excluding tert-OH is 1. The Morgan fingerprint density at radius 2 is 1.88 bits per heavy atom. The Kier molecular flexibility index (Phi) is 6.87. The molecular formula is C17H17Cl2NO5. The maximum absolute atomic E-state index is 11.2. The van der Waals surface area contributed by atoms with Gasteiger partial charge in [-0.1, -0.05) is 23.2 Å². The minimum absolute atomic E-state index is 0.139. The molecule has 1 aromatic carbocycles. The molecule has 2 aromatic rings. The molecule has 0 aliphatic heterocycles. The molecular weight excluding hydrogens is 369 g/mol. The summed E-state index contributed by atoms with van der Waals surface area (Å²) in [6.07, 6.45) is -0.261. The largest absolute Gasteiger partial charge is 0.488 e. The fourth-order valence-electron chi connectivity index (χ4n) is 1.89. The lowest BCUT2D eigenvalue weighted by atomic mass is 10.1. The van der Waals surface area contributed by atoms with Crippen LogP contribution in [0, 0.1) is 0 Å². The topological polar surface area (TPSA) is 77.9 Å². The summed E-state index contributed by atoms with van der Waals surface area (Å²) in [6, 6.07) is 8.21. The number of nitrogens with zero attached hydrogens (tertiary/aromatic N) is 1. The van der Waals surface area contributed by atoms with Crippen molar-refractivity contribution in [3.8, 4) is 17.4 Å². The molecule has 1 heterocycles. The van der Waals surface area contributed by atoms with Gasteiger partial charge in [0.25, 0.3) is 0 Å². The van der Waals surface area contributed by atoms with Gasteiger partial charge in [0.2, 0.25) is 5.88 Å². The molecule has 0 saturated carbocycles. The van der Waals surface area contributed by atoms with Crippen LogP contribution < -0.4 is 9.47 Å². The molecule has 8 heteroatoms. The second kappa shape index (κ2) is 8.89. The number of methoxy groups -OCH3 is 1. The van der Waals surface area contributed by atoms with Gasteiger partial charge >= 0.3 is 5.97 Å². The molecule has 134 valence electrons. The molecule has 0 amide bonds. The molecule has 2 rings (SSSR count). The molecule has 0 aliphatic rings. The highest BCUT2D eigenvalue weighted by Gasteiger charge is 2.20. The zero-order valence-electron chi connectivity index (χ0n) is 13.6. The zero-order valence-corrected chi connectivity index (χ0v) is 15.1. The summed E-state index contributed by atoms with van der Waals surface area (Å²) in [4.78, 5) is 15.2. The van der Waals surface area contributed by atoms with E-state index in [4.69, 9.17) is 32.7 Å². The summed E-state index contributed by atoms with van der Waals surface area (Å²) in [5.41, 5.74) is 0. The van der Waals surface area contributed by atoms with Crippen LogP contribution in [-0.2, 0) is 9.53 Å². The SMILES string of the molecule is COC(=O)CC(O)C(C)Oc1ccc(Oc2ncc(Cl)cc2Cl)cc1. The lowest BCUT2D eigenvalue weighted by Gasteiger charge is -2.19. The summed E-state index contributed by atoms with van der Waals surface area (Å²) in [6.45, 7) is 1.66. The van der Waals surface area contributed by atoms with Crippen LogP contribution in [0.5, 0.6) is 17.4 Å². The first-order chi connectivity index (χ1) is 11.9. The number of carbonyl (C=O) groups is 1. The van der Waals surface area contributed by atoms with Gasteiger partial charge in [-0.3, -0.25) is 4.79 Å². The van der Waals surface area contributed by atoms with Crippen molar-refractivity contribution in [1.82, 2.24) is 4.98 Å². The van der Waals surface area contributed by atoms with Crippen LogP contribution in [0.1, 0.15) is 13.3 Å². The van der Waals surface area contributed by atoms with E-state index in [1.807, 2.05) is 0 Å². The Morgan fingerprint density at radius 1 is 1.24 bits per heavy atom. The Morgan fingerprint density at radius 3 is 2.48 bits per heavy atom. The fourth-order valence-corrected chi connectivity index (χ4v) is 2.31. The number of carbonyl (C=O) groups excluding carboxylic acids is 1.